The topological polar surface area (TPSA) is 17.0 Å². The van der Waals surface area contributed by atoms with Gasteiger partial charge in [0.1, 0.15) is 5.82 Å². The average Bonchev–Trinajstić information content (AvgIpc) is 2.54. The molecule has 0 amide bonds. The smallest absolute Gasteiger partial charge is 0.125 e. The maximum absolute atomic E-state index is 13.2. The number of halogens is 1. The summed E-state index contributed by atoms with van der Waals surface area (Å²) in [6.45, 7) is 7.41. The lowest BCUT2D eigenvalue weighted by Crippen LogP contribution is -2.37. The van der Waals surface area contributed by atoms with E-state index in [1.165, 1.54) is 11.6 Å². The van der Waals surface area contributed by atoms with Gasteiger partial charge in [-0.15, -0.1) is 0 Å². The average molecular weight is 248 g/mol. The van der Waals surface area contributed by atoms with Crippen molar-refractivity contribution in [2.75, 3.05) is 6.54 Å². The van der Waals surface area contributed by atoms with Crippen LogP contribution >= 0.6 is 0 Å². The van der Waals surface area contributed by atoms with Crippen LogP contribution in [0.1, 0.15) is 26.3 Å². The van der Waals surface area contributed by atoms with E-state index in [0.717, 1.165) is 23.9 Å². The number of nitrogens with zero attached hydrogens (tertiary/aromatic N) is 1. The summed E-state index contributed by atoms with van der Waals surface area (Å²) in [5.41, 5.74) is 2.36. The highest BCUT2D eigenvalue weighted by Crippen LogP contribution is 2.22. The third-order valence-electron chi connectivity index (χ3n) is 3.08. The minimum atomic E-state index is -0.178. The molecule has 0 saturated carbocycles. The Hall–Kier alpha value is -1.35. The molecule has 0 radical (unpaired) electrons. The van der Waals surface area contributed by atoms with Gasteiger partial charge in [0.25, 0.3) is 0 Å². The summed E-state index contributed by atoms with van der Waals surface area (Å²) >= 11 is 0. The fourth-order valence-electron chi connectivity index (χ4n) is 2.21. The Kier molecular flexibility index (Phi) is 3.44. The fraction of sp³-hybridized carbons (Fsp3) is 0.467. The van der Waals surface area contributed by atoms with E-state index in [2.05, 4.69) is 32.3 Å². The van der Waals surface area contributed by atoms with Crippen LogP contribution in [0, 0.1) is 5.82 Å². The number of fused-ring (bicyclic) bond motifs is 1. The molecule has 0 aliphatic rings. The van der Waals surface area contributed by atoms with Gasteiger partial charge >= 0.3 is 0 Å². The molecule has 1 aromatic heterocycles. The zero-order chi connectivity index (χ0) is 13.3. The predicted molar refractivity (Wildman–Crippen MR) is 74.3 cm³/mol. The molecular weight excluding hydrogens is 227 g/mol. The molecule has 1 N–H and O–H groups in total. The van der Waals surface area contributed by atoms with Crippen molar-refractivity contribution in [1.29, 1.82) is 0 Å². The normalized spacial score (nSPS) is 12.3. The van der Waals surface area contributed by atoms with Crippen molar-refractivity contribution < 1.29 is 4.39 Å². The highest BCUT2D eigenvalue weighted by Gasteiger charge is 2.10. The van der Waals surface area contributed by atoms with Crippen LogP contribution in [-0.4, -0.2) is 16.7 Å². The molecule has 1 aromatic carbocycles. The summed E-state index contributed by atoms with van der Waals surface area (Å²) in [5, 5.41) is 4.62. The Morgan fingerprint density at radius 3 is 2.67 bits per heavy atom. The van der Waals surface area contributed by atoms with Gasteiger partial charge in [-0.3, -0.25) is 0 Å². The van der Waals surface area contributed by atoms with Crippen LogP contribution in [0.15, 0.2) is 24.4 Å². The van der Waals surface area contributed by atoms with E-state index in [9.17, 15) is 4.39 Å². The maximum atomic E-state index is 13.2. The number of nitrogens with one attached hydrogen (secondary N) is 1. The summed E-state index contributed by atoms with van der Waals surface area (Å²) in [4.78, 5) is 0. The number of hydrogen-bond donors (Lipinski definition) is 1. The molecular formula is C15H21FN2. The molecule has 0 aliphatic carbocycles. The molecule has 1 heterocycles. The second-order valence-corrected chi connectivity index (χ2v) is 5.85. The summed E-state index contributed by atoms with van der Waals surface area (Å²) < 4.78 is 15.2. The fourth-order valence-corrected chi connectivity index (χ4v) is 2.21. The Bertz CT molecular complexity index is 549. The summed E-state index contributed by atoms with van der Waals surface area (Å²) in [7, 11) is 1.96. The van der Waals surface area contributed by atoms with Gasteiger partial charge < -0.3 is 9.88 Å². The molecule has 98 valence electrons. The summed E-state index contributed by atoms with van der Waals surface area (Å²) in [6.07, 6.45) is 3.05. The lowest BCUT2D eigenvalue weighted by Gasteiger charge is -2.20. The van der Waals surface area contributed by atoms with Crippen LogP contribution in [0.5, 0.6) is 0 Å². The number of benzene rings is 1. The number of hydrogen-bond acceptors (Lipinski definition) is 1. The molecule has 0 bridgehead atoms. The van der Waals surface area contributed by atoms with Gasteiger partial charge in [-0.05, 0) is 57.5 Å². The molecule has 0 atom stereocenters. The minimum absolute atomic E-state index is 0.136. The lowest BCUT2D eigenvalue weighted by molar-refractivity contribution is 0.430. The predicted octanol–water partition coefficient (Wildman–Crippen LogP) is 3.25. The van der Waals surface area contributed by atoms with Crippen molar-refractivity contribution in [2.24, 2.45) is 7.05 Å². The van der Waals surface area contributed by atoms with Crippen molar-refractivity contribution in [3.05, 3.63) is 35.8 Å². The van der Waals surface area contributed by atoms with Gasteiger partial charge in [0.2, 0.25) is 0 Å². The molecule has 2 aromatic rings. The molecule has 0 fully saturated rings. The second-order valence-electron chi connectivity index (χ2n) is 5.85. The second kappa shape index (κ2) is 4.73. The van der Waals surface area contributed by atoms with Crippen LogP contribution in [-0.2, 0) is 13.5 Å². The van der Waals surface area contributed by atoms with Crippen molar-refractivity contribution in [1.82, 2.24) is 9.88 Å². The van der Waals surface area contributed by atoms with Crippen molar-refractivity contribution in [2.45, 2.75) is 32.7 Å². The van der Waals surface area contributed by atoms with E-state index in [1.807, 2.05) is 17.7 Å². The number of aryl methyl sites for hydroxylation is 1. The first-order valence-corrected chi connectivity index (χ1v) is 6.35. The van der Waals surface area contributed by atoms with Gasteiger partial charge in [-0.1, -0.05) is 0 Å². The highest BCUT2D eigenvalue weighted by atomic mass is 19.1. The third-order valence-corrected chi connectivity index (χ3v) is 3.08. The zero-order valence-corrected chi connectivity index (χ0v) is 11.5. The zero-order valence-electron chi connectivity index (χ0n) is 11.5. The Morgan fingerprint density at radius 2 is 2.00 bits per heavy atom. The molecule has 2 rings (SSSR count). The molecule has 3 heteroatoms. The van der Waals surface area contributed by atoms with Gasteiger partial charge in [0, 0.05) is 24.2 Å². The minimum Gasteiger partial charge on any atom is -0.350 e. The first kappa shape index (κ1) is 13.1. The van der Waals surface area contributed by atoms with Crippen LogP contribution in [0.25, 0.3) is 10.9 Å². The van der Waals surface area contributed by atoms with Crippen LogP contribution in [0.4, 0.5) is 4.39 Å². The van der Waals surface area contributed by atoms with E-state index < -0.39 is 0 Å². The molecule has 0 aliphatic heterocycles. The largest absolute Gasteiger partial charge is 0.350 e. The first-order chi connectivity index (χ1) is 8.37. The third kappa shape index (κ3) is 2.91. The van der Waals surface area contributed by atoms with E-state index in [0.29, 0.717) is 0 Å². The summed E-state index contributed by atoms with van der Waals surface area (Å²) in [6, 6.07) is 5.00. The molecule has 18 heavy (non-hydrogen) atoms. The lowest BCUT2D eigenvalue weighted by atomic mass is 10.1. The van der Waals surface area contributed by atoms with Crippen molar-refractivity contribution in [3.63, 3.8) is 0 Å². The quantitative estimate of drug-likeness (QED) is 0.882. The molecule has 0 unspecified atom stereocenters. The van der Waals surface area contributed by atoms with E-state index in [-0.39, 0.29) is 11.4 Å². The molecule has 0 saturated heterocycles. The summed E-state index contributed by atoms with van der Waals surface area (Å²) in [5.74, 6) is -0.178. The number of aromatic nitrogens is 1. The van der Waals surface area contributed by atoms with Gasteiger partial charge in [0.05, 0.1) is 5.52 Å². The highest BCUT2D eigenvalue weighted by molar-refractivity contribution is 5.84. The van der Waals surface area contributed by atoms with Crippen LogP contribution < -0.4 is 5.32 Å². The van der Waals surface area contributed by atoms with Crippen LogP contribution in [0.3, 0.4) is 0 Å². The van der Waals surface area contributed by atoms with E-state index in [1.54, 1.807) is 6.07 Å². The van der Waals surface area contributed by atoms with Gasteiger partial charge in [-0.25, -0.2) is 4.39 Å². The van der Waals surface area contributed by atoms with E-state index >= 15 is 0 Å². The van der Waals surface area contributed by atoms with Crippen molar-refractivity contribution in [3.8, 4) is 0 Å². The van der Waals surface area contributed by atoms with Gasteiger partial charge in [0.15, 0.2) is 0 Å². The Morgan fingerprint density at radius 1 is 1.28 bits per heavy atom. The molecule has 2 nitrogen and oxygen atoms in total. The number of rotatable bonds is 3. The van der Waals surface area contributed by atoms with Crippen molar-refractivity contribution >= 4 is 10.9 Å². The monoisotopic (exact) mass is 248 g/mol. The maximum Gasteiger partial charge on any atom is 0.125 e. The van der Waals surface area contributed by atoms with Gasteiger partial charge in [-0.2, -0.15) is 0 Å². The standard InChI is InChI=1S/C15H21FN2/c1-15(2,3)17-8-7-11-10-18(4)14-9-12(16)5-6-13(11)14/h5-6,9-10,17H,7-8H2,1-4H3. The Balaban J connectivity index is 2.19. The van der Waals surface area contributed by atoms with E-state index in [4.69, 9.17) is 0 Å². The van der Waals surface area contributed by atoms with Crippen LogP contribution in [0.2, 0.25) is 0 Å². The first-order valence-electron chi connectivity index (χ1n) is 6.35. The molecule has 0 spiro atoms. The Labute approximate surface area is 108 Å². The SMILES string of the molecule is Cn1cc(CCNC(C)(C)C)c2ccc(F)cc21.